The third kappa shape index (κ3) is 4.89. The van der Waals surface area contributed by atoms with E-state index >= 15 is 0 Å². The van der Waals surface area contributed by atoms with E-state index in [-0.39, 0.29) is 0 Å². The van der Waals surface area contributed by atoms with Crippen LogP contribution < -0.4 is 5.32 Å². The summed E-state index contributed by atoms with van der Waals surface area (Å²) in [5.74, 6) is 0. The summed E-state index contributed by atoms with van der Waals surface area (Å²) in [6, 6.07) is 5.56. The number of benzene rings is 1. The minimum atomic E-state index is 0.668. The predicted molar refractivity (Wildman–Crippen MR) is 68.0 cm³/mol. The summed E-state index contributed by atoms with van der Waals surface area (Å²) in [4.78, 5) is 0. The predicted octanol–water partition coefficient (Wildman–Crippen LogP) is 3.88. The van der Waals surface area contributed by atoms with Crippen molar-refractivity contribution in [3.8, 4) is 0 Å². The van der Waals surface area contributed by atoms with Crippen molar-refractivity contribution in [3.63, 3.8) is 0 Å². The molecular weight excluding hydrogens is 252 g/mol. The van der Waals surface area contributed by atoms with Gasteiger partial charge >= 0.3 is 0 Å². The van der Waals surface area contributed by atoms with Gasteiger partial charge in [0.05, 0.1) is 0 Å². The zero-order valence-electron chi connectivity index (χ0n) is 8.14. The Morgan fingerprint density at radius 3 is 2.73 bits per heavy atom. The molecule has 0 aliphatic heterocycles. The van der Waals surface area contributed by atoms with E-state index < -0.39 is 0 Å². The van der Waals surface area contributed by atoms with Gasteiger partial charge in [0.25, 0.3) is 0 Å². The van der Waals surface area contributed by atoms with Crippen LogP contribution in [0.1, 0.15) is 5.56 Å². The molecule has 15 heavy (non-hydrogen) atoms. The third-order valence-electron chi connectivity index (χ3n) is 1.94. The molecule has 0 heterocycles. The molecule has 1 nitrogen and oxygen atoms in total. The van der Waals surface area contributed by atoms with Crippen LogP contribution in [0.25, 0.3) is 0 Å². The lowest BCUT2D eigenvalue weighted by Crippen LogP contribution is -2.16. The van der Waals surface area contributed by atoms with E-state index in [1.54, 1.807) is 6.07 Å². The van der Waals surface area contributed by atoms with Gasteiger partial charge in [-0.05, 0) is 30.7 Å². The van der Waals surface area contributed by atoms with E-state index in [0.29, 0.717) is 5.02 Å². The maximum atomic E-state index is 6.02. The second kappa shape index (κ2) is 7.13. The molecule has 0 amide bonds. The van der Waals surface area contributed by atoms with Gasteiger partial charge in [-0.15, -0.1) is 0 Å². The Balaban J connectivity index is 2.37. The first-order chi connectivity index (χ1) is 7.24. The summed E-state index contributed by atoms with van der Waals surface area (Å²) in [5.41, 5.74) is 2.60. The van der Waals surface area contributed by atoms with Crippen molar-refractivity contribution < 1.29 is 0 Å². The molecule has 1 aromatic carbocycles. The van der Waals surface area contributed by atoms with E-state index in [4.69, 9.17) is 34.8 Å². The second-order valence-electron chi connectivity index (χ2n) is 3.05. The van der Waals surface area contributed by atoms with E-state index in [0.717, 1.165) is 30.1 Å². The first kappa shape index (κ1) is 12.9. The third-order valence-corrected chi connectivity index (χ3v) is 2.70. The number of nitrogens with one attached hydrogen (secondary N) is 1. The topological polar surface area (TPSA) is 12.0 Å². The van der Waals surface area contributed by atoms with Crippen LogP contribution in [0.4, 0.5) is 0 Å². The van der Waals surface area contributed by atoms with Crippen molar-refractivity contribution in [1.29, 1.82) is 0 Å². The van der Waals surface area contributed by atoms with Crippen molar-refractivity contribution >= 4 is 34.8 Å². The quantitative estimate of drug-likeness (QED) is 0.796. The Hall–Kier alpha value is -0.210. The van der Waals surface area contributed by atoms with Gasteiger partial charge in [0, 0.05) is 22.1 Å². The van der Waals surface area contributed by atoms with E-state index in [1.165, 1.54) is 5.54 Å². The van der Waals surface area contributed by atoms with Crippen LogP contribution in [0.2, 0.25) is 10.0 Å². The zero-order chi connectivity index (χ0) is 11.1. The number of hydrogen-bond acceptors (Lipinski definition) is 1. The standard InChI is InChI=1S/C11H12Cl3N/c12-5-1-6-15-7-4-9-2-3-10(13)8-11(9)14/h1-3,5,8,15H,4,6-7H2/b5-1+. The summed E-state index contributed by atoms with van der Waals surface area (Å²) in [6.45, 7) is 1.64. The fourth-order valence-corrected chi connectivity index (χ4v) is 1.77. The largest absolute Gasteiger partial charge is 0.313 e. The molecule has 0 aliphatic rings. The molecule has 0 bridgehead atoms. The number of halogens is 3. The molecule has 0 saturated carbocycles. The molecule has 1 rings (SSSR count). The summed E-state index contributed by atoms with van der Waals surface area (Å²) in [5, 5.41) is 4.60. The second-order valence-corrected chi connectivity index (χ2v) is 4.15. The smallest absolute Gasteiger partial charge is 0.0453 e. The Labute approximate surface area is 105 Å². The first-order valence-electron chi connectivity index (χ1n) is 4.64. The molecule has 4 heteroatoms. The van der Waals surface area contributed by atoms with Crippen LogP contribution in [-0.2, 0) is 6.42 Å². The van der Waals surface area contributed by atoms with Crippen molar-refractivity contribution in [1.82, 2.24) is 5.32 Å². The lowest BCUT2D eigenvalue weighted by Gasteiger charge is -2.05. The Morgan fingerprint density at radius 2 is 2.07 bits per heavy atom. The highest BCUT2D eigenvalue weighted by Crippen LogP contribution is 2.20. The lowest BCUT2D eigenvalue weighted by molar-refractivity contribution is 0.745. The highest BCUT2D eigenvalue weighted by molar-refractivity contribution is 6.35. The lowest BCUT2D eigenvalue weighted by atomic mass is 10.1. The maximum Gasteiger partial charge on any atom is 0.0453 e. The van der Waals surface area contributed by atoms with E-state index in [1.807, 2.05) is 18.2 Å². The monoisotopic (exact) mass is 263 g/mol. The highest BCUT2D eigenvalue weighted by Gasteiger charge is 2.00. The molecule has 1 N–H and O–H groups in total. The summed E-state index contributed by atoms with van der Waals surface area (Å²) in [7, 11) is 0. The normalized spacial score (nSPS) is 11.1. The zero-order valence-corrected chi connectivity index (χ0v) is 10.4. The van der Waals surface area contributed by atoms with Crippen LogP contribution in [0, 0.1) is 0 Å². The minimum absolute atomic E-state index is 0.668. The van der Waals surface area contributed by atoms with Crippen molar-refractivity contribution in [2.45, 2.75) is 6.42 Å². The van der Waals surface area contributed by atoms with Gasteiger partial charge < -0.3 is 5.32 Å². The number of rotatable bonds is 5. The Kier molecular flexibility index (Phi) is 6.11. The SMILES string of the molecule is Cl/C=C/CNCCc1ccc(Cl)cc1Cl. The highest BCUT2D eigenvalue weighted by atomic mass is 35.5. The fourth-order valence-electron chi connectivity index (χ4n) is 1.18. The average molecular weight is 265 g/mol. The molecule has 0 radical (unpaired) electrons. The van der Waals surface area contributed by atoms with Crippen LogP contribution in [0.5, 0.6) is 0 Å². The van der Waals surface area contributed by atoms with Crippen LogP contribution >= 0.6 is 34.8 Å². The molecule has 0 unspecified atom stereocenters. The molecule has 1 aromatic rings. The Morgan fingerprint density at radius 1 is 1.27 bits per heavy atom. The van der Waals surface area contributed by atoms with Crippen molar-refractivity contribution in [2.24, 2.45) is 0 Å². The molecule has 0 aliphatic carbocycles. The molecule has 0 fully saturated rings. The minimum Gasteiger partial charge on any atom is -0.313 e. The van der Waals surface area contributed by atoms with E-state index in [9.17, 15) is 0 Å². The average Bonchev–Trinajstić information content (AvgIpc) is 2.20. The molecule has 0 aromatic heterocycles. The Bertz CT molecular complexity index is 337. The van der Waals surface area contributed by atoms with Gasteiger partial charge in [0.15, 0.2) is 0 Å². The van der Waals surface area contributed by atoms with Gasteiger partial charge in [0.1, 0.15) is 0 Å². The van der Waals surface area contributed by atoms with Gasteiger partial charge in [0.2, 0.25) is 0 Å². The van der Waals surface area contributed by atoms with E-state index in [2.05, 4.69) is 5.32 Å². The van der Waals surface area contributed by atoms with Gasteiger partial charge in [-0.25, -0.2) is 0 Å². The van der Waals surface area contributed by atoms with Gasteiger partial charge in [-0.2, -0.15) is 0 Å². The van der Waals surface area contributed by atoms with Crippen molar-refractivity contribution in [2.75, 3.05) is 13.1 Å². The van der Waals surface area contributed by atoms with Crippen LogP contribution in [-0.4, -0.2) is 13.1 Å². The van der Waals surface area contributed by atoms with Crippen LogP contribution in [0.3, 0.4) is 0 Å². The summed E-state index contributed by atoms with van der Waals surface area (Å²) < 4.78 is 0. The molecule has 0 spiro atoms. The molecule has 0 atom stereocenters. The molecule has 0 saturated heterocycles. The first-order valence-corrected chi connectivity index (χ1v) is 5.83. The van der Waals surface area contributed by atoms with Gasteiger partial charge in [-0.1, -0.05) is 46.9 Å². The molecule has 82 valence electrons. The summed E-state index contributed by atoms with van der Waals surface area (Å²) >= 11 is 17.2. The van der Waals surface area contributed by atoms with Gasteiger partial charge in [-0.3, -0.25) is 0 Å². The number of hydrogen-bond donors (Lipinski definition) is 1. The maximum absolute atomic E-state index is 6.02. The summed E-state index contributed by atoms with van der Waals surface area (Å²) in [6.07, 6.45) is 2.73. The van der Waals surface area contributed by atoms with Crippen LogP contribution in [0.15, 0.2) is 29.8 Å². The molecular formula is C11H12Cl3N. The van der Waals surface area contributed by atoms with Crippen molar-refractivity contribution in [3.05, 3.63) is 45.4 Å². The fraction of sp³-hybridized carbons (Fsp3) is 0.273.